The molecule has 2 aliphatic rings. The molecule has 2 N–H and O–H groups in total. The van der Waals surface area contributed by atoms with Crippen LogP contribution in [0.5, 0.6) is 0 Å². The maximum absolute atomic E-state index is 12.1. The van der Waals surface area contributed by atoms with Crippen LogP contribution in [0, 0.1) is 0 Å². The van der Waals surface area contributed by atoms with Crippen molar-refractivity contribution in [2.75, 3.05) is 6.54 Å². The topological polar surface area (TPSA) is 75.6 Å². The van der Waals surface area contributed by atoms with Gasteiger partial charge >= 0.3 is 5.97 Å². The first-order valence-electron chi connectivity index (χ1n) is 7.43. The number of hydrogen-bond acceptors (Lipinski definition) is 3. The van der Waals surface area contributed by atoms with Gasteiger partial charge in [0.25, 0.3) is 0 Å². The molecule has 0 aromatic heterocycles. The SMILES string of the molecule is O=C(NCC1(c2ccccc2Cl)CC1)[C@@H]1CC[C@H](C(=O)O)O1. The van der Waals surface area contributed by atoms with Crippen LogP contribution in [0.2, 0.25) is 5.02 Å². The van der Waals surface area contributed by atoms with Gasteiger partial charge in [0.15, 0.2) is 6.10 Å². The summed E-state index contributed by atoms with van der Waals surface area (Å²) in [4.78, 5) is 23.0. The third kappa shape index (κ3) is 2.96. The molecule has 1 amide bonds. The zero-order valence-corrected chi connectivity index (χ0v) is 12.8. The van der Waals surface area contributed by atoms with Crippen molar-refractivity contribution in [1.29, 1.82) is 0 Å². The normalized spacial score (nSPS) is 25.7. The Balaban J connectivity index is 1.58. The van der Waals surface area contributed by atoms with Crippen LogP contribution in [-0.2, 0) is 19.7 Å². The molecule has 0 bridgehead atoms. The number of aliphatic carboxylic acids is 1. The summed E-state index contributed by atoms with van der Waals surface area (Å²) in [6.07, 6.45) is 1.27. The highest BCUT2D eigenvalue weighted by Crippen LogP contribution is 2.49. The first-order chi connectivity index (χ1) is 10.5. The first-order valence-corrected chi connectivity index (χ1v) is 7.81. The lowest BCUT2D eigenvalue weighted by Crippen LogP contribution is -2.39. The molecule has 2 atom stereocenters. The van der Waals surface area contributed by atoms with Gasteiger partial charge in [-0.3, -0.25) is 4.79 Å². The molecule has 118 valence electrons. The van der Waals surface area contributed by atoms with E-state index in [0.717, 1.165) is 23.4 Å². The third-order valence-corrected chi connectivity index (χ3v) is 4.82. The van der Waals surface area contributed by atoms with Crippen LogP contribution in [0.25, 0.3) is 0 Å². The quantitative estimate of drug-likeness (QED) is 0.870. The molecule has 1 saturated carbocycles. The summed E-state index contributed by atoms with van der Waals surface area (Å²) in [5.74, 6) is -1.24. The first kappa shape index (κ1) is 15.3. The highest BCUT2D eigenvalue weighted by molar-refractivity contribution is 6.31. The van der Waals surface area contributed by atoms with Gasteiger partial charge in [-0.25, -0.2) is 4.79 Å². The van der Waals surface area contributed by atoms with Crippen LogP contribution >= 0.6 is 11.6 Å². The van der Waals surface area contributed by atoms with E-state index in [0.29, 0.717) is 19.4 Å². The largest absolute Gasteiger partial charge is 0.479 e. The number of carboxylic acids is 1. The maximum atomic E-state index is 12.1. The van der Waals surface area contributed by atoms with Gasteiger partial charge in [-0.15, -0.1) is 0 Å². The van der Waals surface area contributed by atoms with Crippen molar-refractivity contribution in [2.24, 2.45) is 0 Å². The van der Waals surface area contributed by atoms with Gasteiger partial charge < -0.3 is 15.2 Å². The minimum absolute atomic E-state index is 0.0845. The Morgan fingerprint density at radius 1 is 1.27 bits per heavy atom. The summed E-state index contributed by atoms with van der Waals surface area (Å²) >= 11 is 6.24. The lowest BCUT2D eigenvalue weighted by Gasteiger charge is -2.19. The smallest absolute Gasteiger partial charge is 0.332 e. The molecule has 22 heavy (non-hydrogen) atoms. The Morgan fingerprint density at radius 3 is 2.55 bits per heavy atom. The van der Waals surface area contributed by atoms with E-state index in [1.54, 1.807) is 0 Å². The molecule has 1 saturated heterocycles. The highest BCUT2D eigenvalue weighted by Gasteiger charge is 2.46. The number of carbonyl (C=O) groups excluding carboxylic acids is 1. The van der Waals surface area contributed by atoms with E-state index in [1.807, 2.05) is 24.3 Å². The van der Waals surface area contributed by atoms with Crippen LogP contribution in [-0.4, -0.2) is 35.7 Å². The zero-order chi connectivity index (χ0) is 15.7. The monoisotopic (exact) mass is 323 g/mol. The molecule has 6 heteroatoms. The Morgan fingerprint density at radius 2 is 1.95 bits per heavy atom. The maximum Gasteiger partial charge on any atom is 0.332 e. The average Bonchev–Trinajstić information content (AvgIpc) is 3.10. The summed E-state index contributed by atoms with van der Waals surface area (Å²) in [5, 5.41) is 12.5. The number of ether oxygens (including phenoxy) is 1. The minimum atomic E-state index is -1.01. The fraction of sp³-hybridized carbons (Fsp3) is 0.500. The van der Waals surface area contributed by atoms with Crippen molar-refractivity contribution in [1.82, 2.24) is 5.32 Å². The van der Waals surface area contributed by atoms with Crippen LogP contribution < -0.4 is 5.32 Å². The lowest BCUT2D eigenvalue weighted by molar-refractivity contribution is -0.151. The van der Waals surface area contributed by atoms with E-state index in [9.17, 15) is 9.59 Å². The van der Waals surface area contributed by atoms with Crippen LogP contribution in [0.15, 0.2) is 24.3 Å². The second-order valence-electron chi connectivity index (χ2n) is 6.01. The van der Waals surface area contributed by atoms with E-state index in [2.05, 4.69) is 5.32 Å². The molecule has 3 rings (SSSR count). The van der Waals surface area contributed by atoms with Crippen molar-refractivity contribution < 1.29 is 19.4 Å². The van der Waals surface area contributed by atoms with E-state index in [4.69, 9.17) is 21.4 Å². The average molecular weight is 324 g/mol. The van der Waals surface area contributed by atoms with Crippen molar-refractivity contribution in [2.45, 2.75) is 43.3 Å². The molecule has 1 heterocycles. The Bertz CT molecular complexity index is 600. The molecule has 1 aliphatic heterocycles. The molecule has 5 nitrogen and oxygen atoms in total. The summed E-state index contributed by atoms with van der Waals surface area (Å²) in [7, 11) is 0. The van der Waals surface area contributed by atoms with Gasteiger partial charge in [0.2, 0.25) is 5.91 Å². The van der Waals surface area contributed by atoms with Gasteiger partial charge in [0.05, 0.1) is 0 Å². The zero-order valence-electron chi connectivity index (χ0n) is 12.0. The van der Waals surface area contributed by atoms with Gasteiger partial charge in [-0.05, 0) is 37.3 Å². The number of carboxylic acid groups (broad SMARTS) is 1. The minimum Gasteiger partial charge on any atom is -0.479 e. The van der Waals surface area contributed by atoms with Gasteiger partial charge in [0.1, 0.15) is 6.10 Å². The van der Waals surface area contributed by atoms with Gasteiger partial charge in [-0.1, -0.05) is 29.8 Å². The predicted octanol–water partition coefficient (Wildman–Crippen LogP) is 2.12. The van der Waals surface area contributed by atoms with E-state index < -0.39 is 18.2 Å². The molecule has 1 aliphatic carbocycles. The van der Waals surface area contributed by atoms with Crippen LogP contribution in [0.4, 0.5) is 0 Å². The van der Waals surface area contributed by atoms with Crippen LogP contribution in [0.1, 0.15) is 31.2 Å². The number of rotatable bonds is 5. The van der Waals surface area contributed by atoms with Gasteiger partial charge in [-0.2, -0.15) is 0 Å². The second-order valence-corrected chi connectivity index (χ2v) is 6.41. The number of amides is 1. The number of benzene rings is 1. The van der Waals surface area contributed by atoms with Gasteiger partial charge in [0, 0.05) is 17.0 Å². The standard InChI is InChI=1S/C16H18ClNO4/c17-11-4-2-1-3-10(11)16(7-8-16)9-18-14(19)12-5-6-13(22-12)15(20)21/h1-4,12-13H,5-9H2,(H,18,19)(H,20,21)/t12-,13+/m0/s1. The molecule has 2 fully saturated rings. The number of hydrogen-bond donors (Lipinski definition) is 2. The van der Waals surface area contributed by atoms with E-state index >= 15 is 0 Å². The van der Waals surface area contributed by atoms with Crippen molar-refractivity contribution >= 4 is 23.5 Å². The van der Waals surface area contributed by atoms with Crippen molar-refractivity contribution in [3.8, 4) is 0 Å². The Kier molecular flexibility index (Phi) is 4.10. The molecule has 1 aromatic rings. The summed E-state index contributed by atoms with van der Waals surface area (Å²) < 4.78 is 5.26. The van der Waals surface area contributed by atoms with Crippen LogP contribution in [0.3, 0.4) is 0 Å². The number of carbonyl (C=O) groups is 2. The molecule has 0 spiro atoms. The Labute approximate surface area is 133 Å². The molecule has 0 radical (unpaired) electrons. The number of halogens is 1. The number of nitrogens with one attached hydrogen (secondary N) is 1. The van der Waals surface area contributed by atoms with Crippen molar-refractivity contribution in [3.05, 3.63) is 34.9 Å². The molecule has 1 aromatic carbocycles. The fourth-order valence-corrected chi connectivity index (χ4v) is 3.30. The predicted molar refractivity (Wildman–Crippen MR) is 80.9 cm³/mol. The Hall–Kier alpha value is -1.59. The third-order valence-electron chi connectivity index (χ3n) is 4.49. The van der Waals surface area contributed by atoms with E-state index in [1.165, 1.54) is 0 Å². The second kappa shape index (κ2) is 5.89. The van der Waals surface area contributed by atoms with E-state index in [-0.39, 0.29) is 11.3 Å². The summed E-state index contributed by atoms with van der Waals surface area (Å²) in [6, 6.07) is 7.68. The molecular formula is C16H18ClNO4. The molecular weight excluding hydrogens is 306 g/mol. The molecule has 0 unspecified atom stereocenters. The highest BCUT2D eigenvalue weighted by atomic mass is 35.5. The summed E-state index contributed by atoms with van der Waals surface area (Å²) in [5.41, 5.74) is 0.978. The lowest BCUT2D eigenvalue weighted by atomic mass is 9.95. The summed E-state index contributed by atoms with van der Waals surface area (Å²) in [6.45, 7) is 0.507. The fourth-order valence-electron chi connectivity index (χ4n) is 2.97. The van der Waals surface area contributed by atoms with Crippen molar-refractivity contribution in [3.63, 3.8) is 0 Å².